The highest BCUT2D eigenvalue weighted by molar-refractivity contribution is 7.17. The van der Waals surface area contributed by atoms with Crippen molar-refractivity contribution < 1.29 is 19.1 Å². The summed E-state index contributed by atoms with van der Waals surface area (Å²) >= 11 is 13.5. The van der Waals surface area contributed by atoms with Gasteiger partial charge >= 0.3 is 5.97 Å². The maximum atomic E-state index is 12.8. The van der Waals surface area contributed by atoms with Crippen LogP contribution in [0.1, 0.15) is 54.9 Å². The van der Waals surface area contributed by atoms with Gasteiger partial charge in [-0.3, -0.25) is 4.79 Å². The number of rotatable bonds is 6. The average Bonchev–Trinajstić information content (AvgIpc) is 3.00. The Labute approximate surface area is 190 Å². The summed E-state index contributed by atoms with van der Waals surface area (Å²) in [5.41, 5.74) is 1.47. The minimum atomic E-state index is -0.823. The van der Waals surface area contributed by atoms with E-state index in [-0.39, 0.29) is 12.0 Å². The number of ether oxygens (including phenoxy) is 2. The van der Waals surface area contributed by atoms with Crippen LogP contribution in [0.15, 0.2) is 18.2 Å². The second-order valence-electron chi connectivity index (χ2n) is 7.83. The van der Waals surface area contributed by atoms with Gasteiger partial charge in [0.1, 0.15) is 10.8 Å². The molecule has 3 rings (SSSR count). The lowest BCUT2D eigenvalue weighted by Gasteiger charge is -2.19. The number of nitrogens with one attached hydrogen (secondary N) is 1. The number of thiophene rings is 1. The van der Waals surface area contributed by atoms with Crippen LogP contribution in [0.3, 0.4) is 0 Å². The summed E-state index contributed by atoms with van der Waals surface area (Å²) in [6.07, 6.45) is 1.64. The molecule has 162 valence electrons. The highest BCUT2D eigenvalue weighted by atomic mass is 35.5. The van der Waals surface area contributed by atoms with E-state index in [1.54, 1.807) is 25.1 Å². The van der Waals surface area contributed by atoms with Crippen molar-refractivity contribution in [1.29, 1.82) is 0 Å². The smallest absolute Gasteiger partial charge is 0.341 e. The summed E-state index contributed by atoms with van der Waals surface area (Å²) in [7, 11) is 0. The van der Waals surface area contributed by atoms with E-state index in [4.69, 9.17) is 32.7 Å². The maximum Gasteiger partial charge on any atom is 0.341 e. The standard InChI is InChI=1S/C22H25Cl2NO4S/c1-11(2)28-22(27)19-15-7-5-12(3)9-18(15)30-21(19)25-20(26)13(4)29-17-8-6-14(23)10-16(17)24/h6,8,10-13H,5,7,9H2,1-4H3,(H,25,26)/t12-,13-/m0/s1. The number of carbonyl (C=O) groups is 2. The maximum absolute atomic E-state index is 12.8. The zero-order chi connectivity index (χ0) is 22.0. The van der Waals surface area contributed by atoms with E-state index >= 15 is 0 Å². The number of hydrogen-bond donors (Lipinski definition) is 1. The second kappa shape index (κ2) is 9.58. The van der Waals surface area contributed by atoms with Gasteiger partial charge in [-0.05, 0) is 69.7 Å². The van der Waals surface area contributed by atoms with Crippen molar-refractivity contribution in [3.63, 3.8) is 0 Å². The van der Waals surface area contributed by atoms with Crippen LogP contribution in [0.25, 0.3) is 0 Å². The van der Waals surface area contributed by atoms with Crippen molar-refractivity contribution in [2.45, 2.75) is 59.2 Å². The van der Waals surface area contributed by atoms with Gasteiger partial charge in [-0.1, -0.05) is 30.1 Å². The molecular weight excluding hydrogens is 445 g/mol. The third-order valence-electron chi connectivity index (χ3n) is 4.86. The first kappa shape index (κ1) is 22.9. The highest BCUT2D eigenvalue weighted by Gasteiger charge is 2.30. The summed E-state index contributed by atoms with van der Waals surface area (Å²) in [6, 6.07) is 4.81. The zero-order valence-electron chi connectivity index (χ0n) is 17.4. The van der Waals surface area contributed by atoms with Crippen molar-refractivity contribution in [3.8, 4) is 5.75 Å². The Kier molecular flexibility index (Phi) is 7.32. The highest BCUT2D eigenvalue weighted by Crippen LogP contribution is 2.40. The largest absolute Gasteiger partial charge is 0.479 e. The third kappa shape index (κ3) is 5.29. The van der Waals surface area contributed by atoms with E-state index < -0.39 is 12.1 Å². The van der Waals surface area contributed by atoms with Crippen LogP contribution in [0.2, 0.25) is 10.0 Å². The van der Waals surface area contributed by atoms with Crippen LogP contribution < -0.4 is 10.1 Å². The molecule has 1 amide bonds. The van der Waals surface area contributed by atoms with Gasteiger partial charge in [-0.15, -0.1) is 11.3 Å². The van der Waals surface area contributed by atoms with Crippen LogP contribution >= 0.6 is 34.5 Å². The fraction of sp³-hybridized carbons (Fsp3) is 0.455. The second-order valence-corrected chi connectivity index (χ2v) is 9.78. The molecule has 0 bridgehead atoms. The Morgan fingerprint density at radius 3 is 2.63 bits per heavy atom. The molecule has 0 unspecified atom stereocenters. The number of amides is 1. The lowest BCUT2D eigenvalue weighted by Crippen LogP contribution is -2.30. The summed E-state index contributed by atoms with van der Waals surface area (Å²) in [6.45, 7) is 7.44. The normalized spacial score (nSPS) is 16.7. The molecule has 1 heterocycles. The Balaban J connectivity index is 1.82. The van der Waals surface area contributed by atoms with E-state index in [0.717, 1.165) is 29.7 Å². The third-order valence-corrected chi connectivity index (χ3v) is 6.56. The minimum absolute atomic E-state index is 0.242. The summed E-state index contributed by atoms with van der Waals surface area (Å²) < 4.78 is 11.2. The lowest BCUT2D eigenvalue weighted by atomic mass is 9.88. The van der Waals surface area contributed by atoms with Gasteiger partial charge in [0.25, 0.3) is 5.91 Å². The number of esters is 1. The van der Waals surface area contributed by atoms with Gasteiger partial charge < -0.3 is 14.8 Å². The number of anilines is 1. The first-order chi connectivity index (χ1) is 14.2. The van der Waals surface area contributed by atoms with E-state index in [2.05, 4.69) is 12.2 Å². The monoisotopic (exact) mass is 469 g/mol. The molecule has 2 atom stereocenters. The van der Waals surface area contributed by atoms with Crippen LogP contribution in [0.4, 0.5) is 5.00 Å². The fourth-order valence-corrected chi connectivity index (χ4v) is 5.21. The first-order valence-electron chi connectivity index (χ1n) is 9.93. The molecular formula is C22H25Cl2NO4S. The lowest BCUT2D eigenvalue weighted by molar-refractivity contribution is -0.122. The number of carbonyl (C=O) groups excluding carboxylic acids is 2. The quantitative estimate of drug-likeness (QED) is 0.515. The van der Waals surface area contributed by atoms with E-state index in [0.29, 0.717) is 32.3 Å². The topological polar surface area (TPSA) is 64.6 Å². The molecule has 8 heteroatoms. The van der Waals surface area contributed by atoms with Gasteiger partial charge in [-0.25, -0.2) is 4.79 Å². The van der Waals surface area contributed by atoms with Crippen LogP contribution in [0, 0.1) is 5.92 Å². The molecule has 1 aromatic carbocycles. The molecule has 1 aliphatic rings. The molecule has 30 heavy (non-hydrogen) atoms. The number of halogens is 2. The van der Waals surface area contributed by atoms with E-state index in [9.17, 15) is 9.59 Å². The molecule has 5 nitrogen and oxygen atoms in total. The Morgan fingerprint density at radius 2 is 1.97 bits per heavy atom. The van der Waals surface area contributed by atoms with Crippen molar-refractivity contribution >= 4 is 51.4 Å². The van der Waals surface area contributed by atoms with Crippen LogP contribution in [0.5, 0.6) is 5.75 Å². The van der Waals surface area contributed by atoms with Crippen molar-refractivity contribution in [1.82, 2.24) is 0 Å². The SMILES string of the molecule is CC(C)OC(=O)c1c(NC(=O)[C@H](C)Oc2ccc(Cl)cc2Cl)sc2c1CC[C@H](C)C2. The summed E-state index contributed by atoms with van der Waals surface area (Å²) in [5, 5.41) is 4.19. The zero-order valence-corrected chi connectivity index (χ0v) is 19.7. The predicted molar refractivity (Wildman–Crippen MR) is 121 cm³/mol. The van der Waals surface area contributed by atoms with Crippen molar-refractivity contribution in [2.24, 2.45) is 5.92 Å². The molecule has 1 N–H and O–H groups in total. The van der Waals surface area contributed by atoms with Crippen molar-refractivity contribution in [3.05, 3.63) is 44.2 Å². The molecule has 0 saturated carbocycles. The molecule has 0 spiro atoms. The first-order valence-corrected chi connectivity index (χ1v) is 11.5. The molecule has 1 aromatic heterocycles. The minimum Gasteiger partial charge on any atom is -0.479 e. The molecule has 2 aromatic rings. The van der Waals surface area contributed by atoms with E-state index in [1.807, 2.05) is 13.8 Å². The number of benzene rings is 1. The van der Waals surface area contributed by atoms with Gasteiger partial charge in [0, 0.05) is 9.90 Å². The molecule has 0 radical (unpaired) electrons. The molecule has 0 fully saturated rings. The Hall–Kier alpha value is -1.76. The van der Waals surface area contributed by atoms with Gasteiger partial charge in [0.15, 0.2) is 6.10 Å². The predicted octanol–water partition coefficient (Wildman–Crippen LogP) is 6.15. The Morgan fingerprint density at radius 1 is 1.23 bits per heavy atom. The fourth-order valence-electron chi connectivity index (χ4n) is 3.36. The van der Waals surface area contributed by atoms with Gasteiger partial charge in [0.05, 0.1) is 16.7 Å². The summed E-state index contributed by atoms with van der Waals surface area (Å²) in [4.78, 5) is 26.7. The summed E-state index contributed by atoms with van der Waals surface area (Å²) in [5.74, 6) is 0.137. The average molecular weight is 470 g/mol. The number of hydrogen-bond acceptors (Lipinski definition) is 5. The number of fused-ring (bicyclic) bond motifs is 1. The molecule has 0 saturated heterocycles. The van der Waals surface area contributed by atoms with Crippen LogP contribution in [-0.2, 0) is 22.4 Å². The van der Waals surface area contributed by atoms with Gasteiger partial charge in [0.2, 0.25) is 0 Å². The van der Waals surface area contributed by atoms with Crippen molar-refractivity contribution in [2.75, 3.05) is 5.32 Å². The molecule has 0 aliphatic heterocycles. The van der Waals surface area contributed by atoms with Crippen LogP contribution in [-0.4, -0.2) is 24.1 Å². The van der Waals surface area contributed by atoms with Gasteiger partial charge in [-0.2, -0.15) is 0 Å². The Bertz CT molecular complexity index is 957. The van der Waals surface area contributed by atoms with E-state index in [1.165, 1.54) is 11.3 Å². The molecule has 1 aliphatic carbocycles.